The van der Waals surface area contributed by atoms with Gasteiger partial charge in [-0.3, -0.25) is 0 Å². The summed E-state index contributed by atoms with van der Waals surface area (Å²) in [5.41, 5.74) is 0. The summed E-state index contributed by atoms with van der Waals surface area (Å²) in [6.45, 7) is -1.94. The van der Waals surface area contributed by atoms with Crippen LogP contribution in [0.2, 0.25) is 0 Å². The molecule has 0 unspecified atom stereocenters. The highest BCUT2D eigenvalue weighted by Crippen LogP contribution is 2.20. The number of carboxylic acids is 1. The first-order valence-corrected chi connectivity index (χ1v) is 5.72. The summed E-state index contributed by atoms with van der Waals surface area (Å²) in [4.78, 5) is 24.4. The molecular formula is C10H16F2N2O5. The molecule has 0 radical (unpaired) electrons. The molecule has 2 atom stereocenters. The van der Waals surface area contributed by atoms with Crippen molar-refractivity contribution >= 4 is 12.0 Å². The quantitative estimate of drug-likeness (QED) is 0.612. The van der Waals surface area contributed by atoms with Crippen LogP contribution in [0.15, 0.2) is 0 Å². The molecule has 0 spiro atoms. The van der Waals surface area contributed by atoms with Crippen LogP contribution in [-0.4, -0.2) is 81.9 Å². The number of alkyl halides is 2. The summed E-state index contributed by atoms with van der Waals surface area (Å²) in [6, 6.07) is -2.15. The third-order valence-electron chi connectivity index (χ3n) is 2.81. The minimum atomic E-state index is -2.79. The van der Waals surface area contributed by atoms with Crippen LogP contribution in [0.25, 0.3) is 0 Å². The van der Waals surface area contributed by atoms with Gasteiger partial charge in [-0.2, -0.15) is 0 Å². The van der Waals surface area contributed by atoms with Crippen LogP contribution in [0.5, 0.6) is 0 Å². The van der Waals surface area contributed by atoms with Gasteiger partial charge in [-0.15, -0.1) is 0 Å². The third-order valence-corrected chi connectivity index (χ3v) is 2.81. The molecule has 1 aliphatic heterocycles. The number of carbonyl (C=O) groups excluding carboxylic acids is 1. The highest BCUT2D eigenvalue weighted by molar-refractivity contribution is 5.83. The Morgan fingerprint density at radius 3 is 2.53 bits per heavy atom. The van der Waals surface area contributed by atoms with Crippen molar-refractivity contribution in [1.82, 2.24) is 9.80 Å². The molecule has 1 saturated heterocycles. The van der Waals surface area contributed by atoms with Gasteiger partial charge in [0.1, 0.15) is 6.04 Å². The van der Waals surface area contributed by atoms with Crippen molar-refractivity contribution in [3.63, 3.8) is 0 Å². The maximum absolute atomic E-state index is 12.3. The number of β-amino-alcohol motifs (C(OH)–C–C–N with tert-alkyl or cyclic N) is 1. The lowest BCUT2D eigenvalue weighted by Crippen LogP contribution is -2.50. The second kappa shape index (κ2) is 6.62. The monoisotopic (exact) mass is 282 g/mol. The Balaban J connectivity index is 2.79. The SMILES string of the molecule is O=C(O)[C@@H]1C[C@@H](O)CN1C(=O)N(CCO)CC(F)F. The van der Waals surface area contributed by atoms with E-state index in [9.17, 15) is 23.5 Å². The van der Waals surface area contributed by atoms with Crippen LogP contribution >= 0.6 is 0 Å². The number of aliphatic hydroxyl groups excluding tert-OH is 2. The van der Waals surface area contributed by atoms with E-state index in [-0.39, 0.29) is 19.5 Å². The van der Waals surface area contributed by atoms with E-state index in [0.29, 0.717) is 4.90 Å². The number of rotatable bonds is 5. The molecule has 1 heterocycles. The van der Waals surface area contributed by atoms with Crippen molar-refractivity contribution in [3.8, 4) is 0 Å². The molecule has 0 bridgehead atoms. The van der Waals surface area contributed by atoms with Crippen molar-refractivity contribution in [2.75, 3.05) is 26.2 Å². The van der Waals surface area contributed by atoms with E-state index >= 15 is 0 Å². The number of urea groups is 1. The summed E-state index contributed by atoms with van der Waals surface area (Å²) in [6.07, 6.45) is -3.92. The van der Waals surface area contributed by atoms with E-state index in [0.717, 1.165) is 4.90 Å². The Bertz CT molecular complexity index is 342. The Labute approximate surface area is 108 Å². The number of hydrogen-bond donors (Lipinski definition) is 3. The number of carboxylic acid groups (broad SMARTS) is 1. The smallest absolute Gasteiger partial charge is 0.326 e. The fourth-order valence-electron chi connectivity index (χ4n) is 1.99. The minimum Gasteiger partial charge on any atom is -0.480 e. The molecule has 1 rings (SSSR count). The molecule has 110 valence electrons. The van der Waals surface area contributed by atoms with E-state index in [1.54, 1.807) is 0 Å². The zero-order valence-electron chi connectivity index (χ0n) is 10.1. The predicted molar refractivity (Wildman–Crippen MR) is 58.8 cm³/mol. The minimum absolute atomic E-state index is 0.136. The molecule has 1 fully saturated rings. The second-order valence-corrected chi connectivity index (χ2v) is 4.24. The van der Waals surface area contributed by atoms with E-state index in [2.05, 4.69) is 0 Å². The molecule has 0 saturated carbocycles. The van der Waals surface area contributed by atoms with E-state index < -0.39 is 43.7 Å². The topological polar surface area (TPSA) is 101 Å². The Kier molecular flexibility index (Phi) is 5.43. The third kappa shape index (κ3) is 4.00. The lowest BCUT2D eigenvalue weighted by molar-refractivity contribution is -0.141. The molecule has 0 aliphatic carbocycles. The van der Waals surface area contributed by atoms with Gasteiger partial charge in [-0.1, -0.05) is 0 Å². The van der Waals surface area contributed by atoms with Gasteiger partial charge in [0.2, 0.25) is 0 Å². The van der Waals surface area contributed by atoms with Crippen LogP contribution in [0.3, 0.4) is 0 Å². The predicted octanol–water partition coefficient (Wildman–Crippen LogP) is -0.814. The second-order valence-electron chi connectivity index (χ2n) is 4.24. The van der Waals surface area contributed by atoms with Crippen molar-refractivity contribution in [2.45, 2.75) is 25.0 Å². The van der Waals surface area contributed by atoms with Gasteiger partial charge in [-0.05, 0) is 0 Å². The van der Waals surface area contributed by atoms with Crippen LogP contribution < -0.4 is 0 Å². The molecule has 3 N–H and O–H groups in total. The van der Waals surface area contributed by atoms with Gasteiger partial charge < -0.3 is 25.1 Å². The summed E-state index contributed by atoms with van der Waals surface area (Å²) in [7, 11) is 0. The summed E-state index contributed by atoms with van der Waals surface area (Å²) >= 11 is 0. The van der Waals surface area contributed by atoms with Gasteiger partial charge >= 0.3 is 12.0 Å². The first-order chi connectivity index (χ1) is 8.86. The zero-order valence-corrected chi connectivity index (χ0v) is 10.1. The fraction of sp³-hybridized carbons (Fsp3) is 0.800. The van der Waals surface area contributed by atoms with E-state index in [4.69, 9.17) is 10.2 Å². The number of likely N-dealkylation sites (tertiary alicyclic amines) is 1. The van der Waals surface area contributed by atoms with Crippen LogP contribution in [0, 0.1) is 0 Å². The van der Waals surface area contributed by atoms with Crippen molar-refractivity contribution < 1.29 is 33.7 Å². The normalized spacial score (nSPS) is 22.9. The number of nitrogens with zero attached hydrogens (tertiary/aromatic N) is 2. The molecule has 0 aromatic heterocycles. The highest BCUT2D eigenvalue weighted by atomic mass is 19.3. The summed E-state index contributed by atoms with van der Waals surface area (Å²) in [5.74, 6) is -1.30. The highest BCUT2D eigenvalue weighted by Gasteiger charge is 2.40. The Morgan fingerprint density at radius 1 is 1.42 bits per heavy atom. The van der Waals surface area contributed by atoms with E-state index in [1.165, 1.54) is 0 Å². The van der Waals surface area contributed by atoms with Crippen molar-refractivity contribution in [1.29, 1.82) is 0 Å². The summed E-state index contributed by atoms with van der Waals surface area (Å²) in [5, 5.41) is 27.1. The van der Waals surface area contributed by atoms with Crippen molar-refractivity contribution in [2.24, 2.45) is 0 Å². The summed E-state index contributed by atoms with van der Waals surface area (Å²) < 4.78 is 24.7. The van der Waals surface area contributed by atoms with Gasteiger partial charge in [0.15, 0.2) is 0 Å². The Hall–Kier alpha value is -1.48. The first kappa shape index (κ1) is 15.6. The Morgan fingerprint density at radius 2 is 2.05 bits per heavy atom. The number of aliphatic hydroxyl groups is 2. The van der Waals surface area contributed by atoms with E-state index in [1.807, 2.05) is 0 Å². The van der Waals surface area contributed by atoms with Crippen LogP contribution in [0.4, 0.5) is 13.6 Å². The zero-order chi connectivity index (χ0) is 14.6. The standard InChI is InChI=1S/C10H16F2N2O5/c11-8(12)5-13(1-2-15)10(19)14-4-6(16)3-7(14)9(17)18/h6-8,15-16H,1-5H2,(H,17,18)/t6-,7+/m1/s1. The molecule has 19 heavy (non-hydrogen) atoms. The lowest BCUT2D eigenvalue weighted by Gasteiger charge is -2.29. The number of halogens is 2. The van der Waals surface area contributed by atoms with Gasteiger partial charge in [-0.25, -0.2) is 18.4 Å². The number of aliphatic carboxylic acids is 1. The largest absolute Gasteiger partial charge is 0.480 e. The maximum atomic E-state index is 12.3. The maximum Gasteiger partial charge on any atom is 0.326 e. The molecule has 9 heteroatoms. The molecule has 2 amide bonds. The molecule has 0 aromatic carbocycles. The van der Waals surface area contributed by atoms with Crippen LogP contribution in [0.1, 0.15) is 6.42 Å². The van der Waals surface area contributed by atoms with Crippen molar-refractivity contribution in [3.05, 3.63) is 0 Å². The number of amides is 2. The van der Waals surface area contributed by atoms with Gasteiger partial charge in [0.25, 0.3) is 6.43 Å². The van der Waals surface area contributed by atoms with Crippen LogP contribution in [-0.2, 0) is 4.79 Å². The number of hydrogen-bond acceptors (Lipinski definition) is 4. The first-order valence-electron chi connectivity index (χ1n) is 5.72. The van der Waals surface area contributed by atoms with Gasteiger partial charge in [0.05, 0.1) is 19.3 Å². The fourth-order valence-corrected chi connectivity index (χ4v) is 1.99. The average Bonchev–Trinajstić information content (AvgIpc) is 2.69. The lowest BCUT2D eigenvalue weighted by atomic mass is 10.2. The molecule has 1 aliphatic rings. The molecule has 0 aromatic rings. The van der Waals surface area contributed by atoms with Gasteiger partial charge in [0, 0.05) is 19.5 Å². The molecular weight excluding hydrogens is 266 g/mol. The average molecular weight is 282 g/mol. The molecule has 7 nitrogen and oxygen atoms in total. The number of carbonyl (C=O) groups is 2.